The summed E-state index contributed by atoms with van der Waals surface area (Å²) in [6.45, 7) is 0.301. The molecule has 4 rings (SSSR count). The number of benzene rings is 2. The average Bonchev–Trinajstić information content (AvgIpc) is 2.98. The Kier molecular flexibility index (Phi) is 3.50. The summed E-state index contributed by atoms with van der Waals surface area (Å²) in [5.74, 6) is 0.369. The topological polar surface area (TPSA) is 82.7 Å². The maximum Gasteiger partial charge on any atom is 0.416 e. The van der Waals surface area contributed by atoms with Crippen molar-refractivity contribution in [3.8, 4) is 0 Å². The molecule has 0 unspecified atom stereocenters. The van der Waals surface area contributed by atoms with Crippen molar-refractivity contribution >= 4 is 33.6 Å². The summed E-state index contributed by atoms with van der Waals surface area (Å²) >= 11 is 0. The molecule has 0 atom stereocenters. The van der Waals surface area contributed by atoms with E-state index < -0.39 is 11.7 Å². The first kappa shape index (κ1) is 16.2. The molecule has 0 aliphatic rings. The summed E-state index contributed by atoms with van der Waals surface area (Å²) in [6.07, 6.45) is -2.56. The van der Waals surface area contributed by atoms with E-state index in [1.54, 1.807) is 18.3 Å². The lowest BCUT2D eigenvalue weighted by molar-refractivity contribution is -0.137. The van der Waals surface area contributed by atoms with E-state index in [9.17, 15) is 13.2 Å². The quantitative estimate of drug-likeness (QED) is 0.571. The van der Waals surface area contributed by atoms with Crippen LogP contribution in [0, 0.1) is 0 Å². The van der Waals surface area contributed by atoms with Crippen LogP contribution in [0.15, 0.2) is 48.7 Å². The van der Waals surface area contributed by atoms with Crippen molar-refractivity contribution in [2.45, 2.75) is 12.7 Å². The van der Waals surface area contributed by atoms with E-state index in [0.717, 1.165) is 23.0 Å². The molecule has 4 aromatic rings. The largest absolute Gasteiger partial charge is 0.416 e. The lowest BCUT2D eigenvalue weighted by Crippen LogP contribution is -2.06. The number of halogens is 3. The Balaban J connectivity index is 1.80. The third-order valence-electron chi connectivity index (χ3n) is 4.27. The van der Waals surface area contributed by atoms with E-state index in [2.05, 4.69) is 9.97 Å². The number of nitrogens with zero attached hydrogens (tertiary/aromatic N) is 3. The summed E-state index contributed by atoms with van der Waals surface area (Å²) < 4.78 is 40.6. The molecule has 2 aromatic heterocycles. The summed E-state index contributed by atoms with van der Waals surface area (Å²) in [5.41, 5.74) is 12.9. The van der Waals surface area contributed by atoms with Gasteiger partial charge in [0.2, 0.25) is 5.95 Å². The number of nitrogens with two attached hydrogens (primary N) is 2. The van der Waals surface area contributed by atoms with Crippen molar-refractivity contribution in [3.05, 3.63) is 59.8 Å². The molecule has 4 N–H and O–H groups in total. The number of fused-ring (bicyclic) bond motifs is 3. The van der Waals surface area contributed by atoms with Gasteiger partial charge in [-0.1, -0.05) is 12.1 Å². The normalized spacial score (nSPS) is 12.1. The van der Waals surface area contributed by atoms with Gasteiger partial charge in [-0.25, -0.2) is 4.98 Å². The maximum atomic E-state index is 12.9. The molecule has 0 aliphatic carbocycles. The first-order chi connectivity index (χ1) is 12.3. The zero-order valence-corrected chi connectivity index (χ0v) is 13.5. The maximum absolute atomic E-state index is 12.9. The second-order valence-electron chi connectivity index (χ2n) is 6.00. The van der Waals surface area contributed by atoms with E-state index in [1.165, 1.54) is 6.07 Å². The van der Waals surface area contributed by atoms with Gasteiger partial charge in [0.15, 0.2) is 0 Å². The van der Waals surface area contributed by atoms with Gasteiger partial charge in [0.05, 0.1) is 16.6 Å². The van der Waals surface area contributed by atoms with E-state index in [0.29, 0.717) is 28.8 Å². The molecule has 0 spiro atoms. The van der Waals surface area contributed by atoms with Crippen LogP contribution < -0.4 is 11.5 Å². The average molecular weight is 357 g/mol. The summed E-state index contributed by atoms with van der Waals surface area (Å²) in [4.78, 5) is 8.20. The molecule has 132 valence electrons. The number of alkyl halides is 3. The van der Waals surface area contributed by atoms with Gasteiger partial charge in [-0.2, -0.15) is 18.2 Å². The fraction of sp³-hybridized carbons (Fsp3) is 0.111. The standard InChI is InChI=1S/C18H14F3N5/c19-18(20,21)11-3-1-2-10(8-11)9-26-7-6-12-14(26)5-4-13-15(12)24-17(23)25-16(13)22/h1-8H,9H2,(H4,22,23,24,25). The van der Waals surface area contributed by atoms with Crippen LogP contribution in [-0.4, -0.2) is 14.5 Å². The molecule has 0 bridgehead atoms. The molecule has 5 nitrogen and oxygen atoms in total. The molecule has 0 radical (unpaired) electrons. The predicted octanol–water partition coefficient (Wildman–Crippen LogP) is 3.82. The first-order valence-corrected chi connectivity index (χ1v) is 7.79. The minimum absolute atomic E-state index is 0.0770. The van der Waals surface area contributed by atoms with Crippen molar-refractivity contribution in [2.24, 2.45) is 0 Å². The van der Waals surface area contributed by atoms with Crippen LogP contribution in [0.1, 0.15) is 11.1 Å². The van der Waals surface area contributed by atoms with Crippen LogP contribution in [0.4, 0.5) is 24.9 Å². The number of anilines is 2. The van der Waals surface area contributed by atoms with Gasteiger partial charge >= 0.3 is 6.18 Å². The molecule has 2 heterocycles. The summed E-state index contributed by atoms with van der Waals surface area (Å²) in [5, 5.41) is 1.50. The fourth-order valence-electron chi connectivity index (χ4n) is 3.09. The summed E-state index contributed by atoms with van der Waals surface area (Å²) in [6, 6.07) is 10.8. The van der Waals surface area contributed by atoms with Crippen molar-refractivity contribution in [3.63, 3.8) is 0 Å². The lowest BCUT2D eigenvalue weighted by Gasteiger charge is -2.10. The Morgan fingerprint density at radius 1 is 0.962 bits per heavy atom. The van der Waals surface area contributed by atoms with Gasteiger partial charge in [0, 0.05) is 23.5 Å². The molecule has 26 heavy (non-hydrogen) atoms. The molecule has 0 amide bonds. The highest BCUT2D eigenvalue weighted by Crippen LogP contribution is 2.31. The molecule has 2 aromatic carbocycles. The highest BCUT2D eigenvalue weighted by molar-refractivity contribution is 6.07. The van der Waals surface area contributed by atoms with Gasteiger partial charge in [-0.05, 0) is 35.9 Å². The van der Waals surface area contributed by atoms with Gasteiger partial charge in [-0.15, -0.1) is 0 Å². The number of nitrogen functional groups attached to an aromatic ring is 2. The van der Waals surface area contributed by atoms with E-state index >= 15 is 0 Å². The molecule has 0 saturated carbocycles. The minimum atomic E-state index is -4.36. The number of rotatable bonds is 2. The minimum Gasteiger partial charge on any atom is -0.383 e. The molecule has 0 aliphatic heterocycles. The van der Waals surface area contributed by atoms with E-state index in [4.69, 9.17) is 11.5 Å². The fourth-order valence-corrected chi connectivity index (χ4v) is 3.09. The Labute approximate surface area is 146 Å². The molecular weight excluding hydrogens is 343 g/mol. The zero-order valence-electron chi connectivity index (χ0n) is 13.5. The van der Waals surface area contributed by atoms with Gasteiger partial charge in [-0.3, -0.25) is 0 Å². The third kappa shape index (κ3) is 2.69. The Morgan fingerprint density at radius 2 is 1.77 bits per heavy atom. The van der Waals surface area contributed by atoms with Crippen molar-refractivity contribution in [2.75, 3.05) is 11.5 Å². The molecule has 0 saturated heterocycles. The van der Waals surface area contributed by atoms with Crippen LogP contribution in [-0.2, 0) is 12.7 Å². The Hall–Kier alpha value is -3.29. The third-order valence-corrected chi connectivity index (χ3v) is 4.27. The lowest BCUT2D eigenvalue weighted by atomic mass is 10.1. The van der Waals surface area contributed by atoms with Crippen molar-refractivity contribution in [1.82, 2.24) is 14.5 Å². The SMILES string of the molecule is Nc1nc(N)c2ccc3c(ccn3Cc3cccc(C(F)(F)F)c3)c2n1. The van der Waals surface area contributed by atoms with E-state index in [1.807, 2.05) is 16.7 Å². The van der Waals surface area contributed by atoms with Crippen LogP contribution in [0.2, 0.25) is 0 Å². The van der Waals surface area contributed by atoms with Crippen LogP contribution in [0.3, 0.4) is 0 Å². The second kappa shape index (κ2) is 5.62. The monoisotopic (exact) mass is 357 g/mol. The van der Waals surface area contributed by atoms with Gasteiger partial charge in [0.1, 0.15) is 5.82 Å². The molecule has 8 heteroatoms. The molecular formula is C18H14F3N5. The molecule has 0 fully saturated rings. The number of hydrogen-bond acceptors (Lipinski definition) is 4. The van der Waals surface area contributed by atoms with Gasteiger partial charge < -0.3 is 16.0 Å². The Bertz CT molecular complexity index is 1130. The zero-order chi connectivity index (χ0) is 18.5. The second-order valence-corrected chi connectivity index (χ2v) is 6.00. The van der Waals surface area contributed by atoms with E-state index in [-0.39, 0.29) is 5.95 Å². The van der Waals surface area contributed by atoms with Crippen LogP contribution in [0.25, 0.3) is 21.8 Å². The smallest absolute Gasteiger partial charge is 0.383 e. The van der Waals surface area contributed by atoms with Crippen LogP contribution in [0.5, 0.6) is 0 Å². The highest BCUT2D eigenvalue weighted by Gasteiger charge is 2.30. The summed E-state index contributed by atoms with van der Waals surface area (Å²) in [7, 11) is 0. The Morgan fingerprint density at radius 3 is 2.54 bits per heavy atom. The van der Waals surface area contributed by atoms with Crippen LogP contribution >= 0.6 is 0 Å². The van der Waals surface area contributed by atoms with Crippen molar-refractivity contribution < 1.29 is 13.2 Å². The first-order valence-electron chi connectivity index (χ1n) is 7.79. The van der Waals surface area contributed by atoms with Crippen molar-refractivity contribution in [1.29, 1.82) is 0 Å². The number of hydrogen-bond donors (Lipinski definition) is 2. The predicted molar refractivity (Wildman–Crippen MR) is 94.4 cm³/mol. The highest BCUT2D eigenvalue weighted by atomic mass is 19.4. The number of aromatic nitrogens is 3. The van der Waals surface area contributed by atoms with Gasteiger partial charge in [0.25, 0.3) is 0 Å².